The van der Waals surface area contributed by atoms with Crippen molar-refractivity contribution in [2.75, 3.05) is 20.2 Å². The van der Waals surface area contributed by atoms with Crippen LogP contribution in [0.1, 0.15) is 12.8 Å². The Morgan fingerprint density at radius 2 is 2.12 bits per heavy atom. The molecule has 2 aromatic rings. The van der Waals surface area contributed by atoms with Gasteiger partial charge in [0, 0.05) is 31.5 Å². The van der Waals surface area contributed by atoms with E-state index in [0.717, 1.165) is 10.9 Å². The molecule has 0 saturated carbocycles. The Hall–Kier alpha value is -2.96. The molecule has 0 atom stereocenters. The number of carbonyl (C=O) groups is 2. The van der Waals surface area contributed by atoms with E-state index in [4.69, 9.17) is 4.74 Å². The molecule has 1 aromatic carbocycles. The summed E-state index contributed by atoms with van der Waals surface area (Å²) in [5, 5.41) is 8.94. The SMILES string of the molecule is CN1N=C(C(=O)NCCOc2cccc3cccnc23)CCC1=O. The number of rotatable bonds is 5. The van der Waals surface area contributed by atoms with Gasteiger partial charge in [0.1, 0.15) is 23.6 Å². The highest BCUT2D eigenvalue weighted by Gasteiger charge is 2.21. The second-order valence-electron chi connectivity index (χ2n) is 5.40. The second kappa shape index (κ2) is 7.08. The molecule has 0 bridgehead atoms. The van der Waals surface area contributed by atoms with Gasteiger partial charge < -0.3 is 10.1 Å². The zero-order valence-corrected chi connectivity index (χ0v) is 13.4. The van der Waals surface area contributed by atoms with Gasteiger partial charge in [0.2, 0.25) is 5.91 Å². The fourth-order valence-electron chi connectivity index (χ4n) is 2.45. The molecule has 0 fully saturated rings. The molecule has 1 aliphatic rings. The quantitative estimate of drug-likeness (QED) is 0.840. The first-order valence-electron chi connectivity index (χ1n) is 7.74. The normalized spacial score (nSPS) is 14.5. The standard InChI is InChI=1S/C17H18N4O3/c1-21-15(22)8-7-13(20-21)17(23)19-10-11-24-14-6-2-4-12-5-3-9-18-16(12)14/h2-6,9H,7-8,10-11H2,1H3,(H,19,23). The maximum absolute atomic E-state index is 12.0. The van der Waals surface area contributed by atoms with Gasteiger partial charge in [0.05, 0.1) is 6.54 Å². The maximum Gasteiger partial charge on any atom is 0.267 e. The summed E-state index contributed by atoms with van der Waals surface area (Å²) in [6.45, 7) is 0.669. The van der Waals surface area contributed by atoms with Crippen LogP contribution < -0.4 is 10.1 Å². The number of hydrogen-bond acceptors (Lipinski definition) is 5. The Bertz CT molecular complexity index is 798. The van der Waals surface area contributed by atoms with E-state index in [-0.39, 0.29) is 11.8 Å². The van der Waals surface area contributed by atoms with Gasteiger partial charge in [-0.15, -0.1) is 0 Å². The van der Waals surface area contributed by atoms with Crippen molar-refractivity contribution < 1.29 is 14.3 Å². The van der Waals surface area contributed by atoms with Crippen molar-refractivity contribution in [2.24, 2.45) is 5.10 Å². The van der Waals surface area contributed by atoms with Gasteiger partial charge in [-0.25, -0.2) is 5.01 Å². The molecule has 24 heavy (non-hydrogen) atoms. The first kappa shape index (κ1) is 15.9. The Labute approximate surface area is 139 Å². The Kier molecular flexibility index (Phi) is 4.69. The Balaban J connectivity index is 1.53. The van der Waals surface area contributed by atoms with Crippen molar-refractivity contribution in [1.82, 2.24) is 15.3 Å². The lowest BCUT2D eigenvalue weighted by Crippen LogP contribution is -2.39. The highest BCUT2D eigenvalue weighted by molar-refractivity contribution is 6.39. The van der Waals surface area contributed by atoms with Gasteiger partial charge in [-0.05, 0) is 12.1 Å². The summed E-state index contributed by atoms with van der Waals surface area (Å²) in [6, 6.07) is 9.56. The Morgan fingerprint density at radius 3 is 2.96 bits per heavy atom. The topological polar surface area (TPSA) is 83.9 Å². The van der Waals surface area contributed by atoms with Crippen LogP contribution in [0.15, 0.2) is 41.6 Å². The van der Waals surface area contributed by atoms with Crippen LogP contribution in [-0.2, 0) is 9.59 Å². The fraction of sp³-hybridized carbons (Fsp3) is 0.294. The average molecular weight is 326 g/mol. The fourth-order valence-corrected chi connectivity index (χ4v) is 2.45. The number of pyridine rings is 1. The summed E-state index contributed by atoms with van der Waals surface area (Å²) < 4.78 is 5.71. The van der Waals surface area contributed by atoms with Gasteiger partial charge in [-0.2, -0.15) is 5.10 Å². The summed E-state index contributed by atoms with van der Waals surface area (Å²) in [5.74, 6) is 0.329. The van der Waals surface area contributed by atoms with Crippen molar-refractivity contribution in [3.8, 4) is 5.75 Å². The third kappa shape index (κ3) is 3.51. The van der Waals surface area contributed by atoms with Crippen LogP contribution in [0.2, 0.25) is 0 Å². The van der Waals surface area contributed by atoms with Crippen LogP contribution in [0.3, 0.4) is 0 Å². The van der Waals surface area contributed by atoms with Crippen molar-refractivity contribution in [1.29, 1.82) is 0 Å². The zero-order valence-electron chi connectivity index (χ0n) is 13.4. The lowest BCUT2D eigenvalue weighted by atomic mass is 10.1. The number of aromatic nitrogens is 1. The minimum absolute atomic E-state index is 0.0849. The number of nitrogens with one attached hydrogen (secondary N) is 1. The van der Waals surface area contributed by atoms with Crippen LogP contribution in [0.5, 0.6) is 5.75 Å². The molecule has 7 nitrogen and oxygen atoms in total. The van der Waals surface area contributed by atoms with Gasteiger partial charge in [-0.1, -0.05) is 18.2 Å². The molecule has 0 unspecified atom stereocenters. The van der Waals surface area contributed by atoms with Crippen molar-refractivity contribution >= 4 is 28.4 Å². The molecule has 0 radical (unpaired) electrons. The summed E-state index contributed by atoms with van der Waals surface area (Å²) in [4.78, 5) is 27.7. The molecule has 2 heterocycles. The molecule has 2 amide bonds. The van der Waals surface area contributed by atoms with Gasteiger partial charge >= 0.3 is 0 Å². The molecule has 3 rings (SSSR count). The van der Waals surface area contributed by atoms with Crippen LogP contribution in [0, 0.1) is 0 Å². The number of carbonyl (C=O) groups excluding carboxylic acids is 2. The number of para-hydroxylation sites is 1. The van der Waals surface area contributed by atoms with Gasteiger partial charge in [0.25, 0.3) is 5.91 Å². The number of fused-ring (bicyclic) bond motifs is 1. The molecular formula is C17H18N4O3. The van der Waals surface area contributed by atoms with Crippen LogP contribution in [-0.4, -0.2) is 47.7 Å². The van der Waals surface area contributed by atoms with E-state index < -0.39 is 0 Å². The predicted octanol–water partition coefficient (Wildman–Crippen LogP) is 1.34. The van der Waals surface area contributed by atoms with E-state index >= 15 is 0 Å². The van der Waals surface area contributed by atoms with E-state index in [1.807, 2.05) is 30.3 Å². The molecule has 0 saturated heterocycles. The zero-order chi connectivity index (χ0) is 16.9. The molecule has 1 N–H and O–H groups in total. The molecule has 7 heteroatoms. The van der Waals surface area contributed by atoms with Gasteiger partial charge in [-0.3, -0.25) is 14.6 Å². The van der Waals surface area contributed by atoms with E-state index in [1.165, 1.54) is 5.01 Å². The average Bonchev–Trinajstić information content (AvgIpc) is 2.61. The predicted molar refractivity (Wildman–Crippen MR) is 89.7 cm³/mol. The number of benzene rings is 1. The molecule has 0 aliphatic carbocycles. The van der Waals surface area contributed by atoms with Crippen LogP contribution >= 0.6 is 0 Å². The van der Waals surface area contributed by atoms with E-state index in [0.29, 0.717) is 37.5 Å². The van der Waals surface area contributed by atoms with Crippen molar-refractivity contribution in [3.63, 3.8) is 0 Å². The smallest absolute Gasteiger partial charge is 0.267 e. The van der Waals surface area contributed by atoms with E-state index in [2.05, 4.69) is 15.4 Å². The summed E-state index contributed by atoms with van der Waals surface area (Å²) in [5.41, 5.74) is 1.16. The van der Waals surface area contributed by atoms with Crippen LogP contribution in [0.4, 0.5) is 0 Å². The van der Waals surface area contributed by atoms with Crippen molar-refractivity contribution in [3.05, 3.63) is 36.5 Å². The molecule has 1 aliphatic heterocycles. The third-order valence-corrected chi connectivity index (χ3v) is 3.71. The molecule has 1 aromatic heterocycles. The monoisotopic (exact) mass is 326 g/mol. The highest BCUT2D eigenvalue weighted by atomic mass is 16.5. The lowest BCUT2D eigenvalue weighted by Gasteiger charge is -2.18. The maximum atomic E-state index is 12.0. The first-order valence-corrected chi connectivity index (χ1v) is 7.74. The van der Waals surface area contributed by atoms with E-state index in [1.54, 1.807) is 13.2 Å². The van der Waals surface area contributed by atoms with Crippen molar-refractivity contribution in [2.45, 2.75) is 12.8 Å². The number of nitrogens with zero attached hydrogens (tertiary/aromatic N) is 3. The number of ether oxygens (including phenoxy) is 1. The summed E-state index contributed by atoms with van der Waals surface area (Å²) in [6.07, 6.45) is 2.39. The number of hydrazone groups is 1. The second-order valence-corrected chi connectivity index (χ2v) is 5.40. The largest absolute Gasteiger partial charge is 0.489 e. The third-order valence-electron chi connectivity index (χ3n) is 3.71. The number of hydrogen-bond donors (Lipinski definition) is 1. The summed E-state index contributed by atoms with van der Waals surface area (Å²) in [7, 11) is 1.55. The van der Waals surface area contributed by atoms with Gasteiger partial charge in [0.15, 0.2) is 0 Å². The number of amides is 2. The Morgan fingerprint density at radius 1 is 1.29 bits per heavy atom. The molecular weight excluding hydrogens is 308 g/mol. The highest BCUT2D eigenvalue weighted by Crippen LogP contribution is 2.22. The van der Waals surface area contributed by atoms with Crippen LogP contribution in [0.25, 0.3) is 10.9 Å². The molecule has 124 valence electrons. The lowest BCUT2D eigenvalue weighted by molar-refractivity contribution is -0.130. The minimum atomic E-state index is -0.269. The minimum Gasteiger partial charge on any atom is -0.489 e. The molecule has 0 spiro atoms. The summed E-state index contributed by atoms with van der Waals surface area (Å²) >= 11 is 0. The van der Waals surface area contributed by atoms with E-state index in [9.17, 15) is 9.59 Å². The first-order chi connectivity index (χ1) is 11.6.